The summed E-state index contributed by atoms with van der Waals surface area (Å²) in [5.41, 5.74) is 2.77. The summed E-state index contributed by atoms with van der Waals surface area (Å²) in [5, 5.41) is 13.9. The van der Waals surface area contributed by atoms with Crippen LogP contribution in [-0.4, -0.2) is 57.1 Å². The fourth-order valence-electron chi connectivity index (χ4n) is 5.53. The summed E-state index contributed by atoms with van der Waals surface area (Å²) in [6, 6.07) is 18.1. The van der Waals surface area contributed by atoms with Gasteiger partial charge >= 0.3 is 12.1 Å². The van der Waals surface area contributed by atoms with E-state index in [9.17, 15) is 18.4 Å². The lowest BCUT2D eigenvalue weighted by Gasteiger charge is -2.37. The number of hydrogen-bond donors (Lipinski definition) is 1. The molecule has 41 heavy (non-hydrogen) atoms. The van der Waals surface area contributed by atoms with Crippen LogP contribution in [0.1, 0.15) is 34.3 Å². The first-order valence-electron chi connectivity index (χ1n) is 13.4. The molecular formula is C31H28F2N4O4. The van der Waals surface area contributed by atoms with E-state index in [0.29, 0.717) is 56.0 Å². The molecule has 2 aliphatic heterocycles. The van der Waals surface area contributed by atoms with Gasteiger partial charge in [0.1, 0.15) is 22.9 Å². The number of para-hydroxylation sites is 1. The van der Waals surface area contributed by atoms with E-state index in [0.717, 1.165) is 17.3 Å². The Bertz CT molecular complexity index is 1610. The topological polar surface area (TPSA) is 87.9 Å². The number of piperidine rings is 1. The van der Waals surface area contributed by atoms with Gasteiger partial charge in [-0.25, -0.2) is 23.1 Å². The molecule has 3 aromatic carbocycles. The van der Waals surface area contributed by atoms with E-state index >= 15 is 0 Å². The first kappa shape index (κ1) is 26.6. The van der Waals surface area contributed by atoms with E-state index < -0.39 is 29.3 Å². The van der Waals surface area contributed by atoms with Gasteiger partial charge < -0.3 is 9.84 Å². The largest absolute Gasteiger partial charge is 0.478 e. The number of carboxylic acids is 1. The molecule has 1 N–H and O–H groups in total. The van der Waals surface area contributed by atoms with Crippen LogP contribution >= 0.6 is 0 Å². The normalized spacial score (nSPS) is 16.8. The molecule has 0 unspecified atom stereocenters. The fraction of sp³-hybridized carbons (Fsp3) is 0.258. The van der Waals surface area contributed by atoms with Gasteiger partial charge in [0.2, 0.25) is 0 Å². The lowest BCUT2D eigenvalue weighted by molar-refractivity contribution is -0.000944. The predicted octanol–water partition coefficient (Wildman–Crippen LogP) is 5.82. The van der Waals surface area contributed by atoms with Gasteiger partial charge in [0.05, 0.1) is 17.8 Å². The van der Waals surface area contributed by atoms with Crippen molar-refractivity contribution in [3.63, 3.8) is 0 Å². The molecule has 210 valence electrons. The van der Waals surface area contributed by atoms with Crippen LogP contribution in [0.4, 0.5) is 19.3 Å². The lowest BCUT2D eigenvalue weighted by Crippen LogP contribution is -2.46. The van der Waals surface area contributed by atoms with Gasteiger partial charge in [0.25, 0.3) is 0 Å². The van der Waals surface area contributed by atoms with Crippen molar-refractivity contribution in [2.45, 2.75) is 31.9 Å². The molecule has 1 spiro atoms. The second kappa shape index (κ2) is 10.4. The third-order valence-electron chi connectivity index (χ3n) is 7.87. The van der Waals surface area contributed by atoms with E-state index in [4.69, 9.17) is 14.9 Å². The van der Waals surface area contributed by atoms with E-state index in [-0.39, 0.29) is 11.1 Å². The minimum absolute atomic E-state index is 0.148. The highest BCUT2D eigenvalue weighted by atomic mass is 19.1. The highest BCUT2D eigenvalue weighted by Gasteiger charge is 2.47. The van der Waals surface area contributed by atoms with E-state index in [1.54, 1.807) is 28.6 Å². The third-order valence-corrected chi connectivity index (χ3v) is 7.87. The van der Waals surface area contributed by atoms with Crippen LogP contribution in [-0.2, 0) is 11.3 Å². The van der Waals surface area contributed by atoms with Crippen LogP contribution in [0.5, 0.6) is 0 Å². The zero-order valence-electron chi connectivity index (χ0n) is 22.4. The van der Waals surface area contributed by atoms with Crippen molar-refractivity contribution >= 4 is 17.7 Å². The number of rotatable bonds is 6. The second-order valence-electron chi connectivity index (χ2n) is 10.6. The summed E-state index contributed by atoms with van der Waals surface area (Å²) >= 11 is 0. The predicted molar refractivity (Wildman–Crippen MR) is 148 cm³/mol. The smallest absolute Gasteiger partial charge is 0.415 e. The van der Waals surface area contributed by atoms with Crippen molar-refractivity contribution in [1.29, 1.82) is 0 Å². The molecule has 0 radical (unpaired) electrons. The molecule has 2 saturated heterocycles. The van der Waals surface area contributed by atoms with Gasteiger partial charge in [-0.05, 0) is 55.0 Å². The quantitative estimate of drug-likeness (QED) is 0.321. The van der Waals surface area contributed by atoms with Crippen molar-refractivity contribution in [1.82, 2.24) is 14.7 Å². The van der Waals surface area contributed by atoms with Crippen LogP contribution in [0.15, 0.2) is 72.9 Å². The van der Waals surface area contributed by atoms with Crippen molar-refractivity contribution in [2.75, 3.05) is 24.5 Å². The molecule has 10 heteroatoms. The van der Waals surface area contributed by atoms with Crippen molar-refractivity contribution in [3.05, 3.63) is 101 Å². The molecule has 6 rings (SSSR count). The van der Waals surface area contributed by atoms with Gasteiger partial charge in [-0.1, -0.05) is 18.2 Å². The number of carboxylic acid groups (broad SMARTS) is 1. The average molecular weight is 559 g/mol. The van der Waals surface area contributed by atoms with E-state index in [1.807, 2.05) is 36.5 Å². The molecule has 1 aromatic heterocycles. The van der Waals surface area contributed by atoms with Crippen molar-refractivity contribution in [2.24, 2.45) is 0 Å². The first-order valence-corrected chi connectivity index (χ1v) is 13.4. The summed E-state index contributed by atoms with van der Waals surface area (Å²) in [4.78, 5) is 27.7. The van der Waals surface area contributed by atoms with Crippen molar-refractivity contribution < 1.29 is 28.2 Å². The number of ether oxygens (including phenoxy) is 1. The maximum absolute atomic E-state index is 15.0. The number of aromatic carboxylic acids is 1. The number of aryl methyl sites for hydroxylation is 1. The SMILES string of the molecule is Cc1cc(-c2nn(-c3ccccc3)cc2CN2CCC3(CC2)CN(c2ccc(C(=O)O)cc2)C(=O)O3)c(F)cc1F. The maximum Gasteiger partial charge on any atom is 0.415 e. The van der Waals surface area contributed by atoms with Crippen LogP contribution in [0.25, 0.3) is 16.9 Å². The van der Waals surface area contributed by atoms with Crippen LogP contribution in [0.3, 0.4) is 0 Å². The number of anilines is 1. The first-order chi connectivity index (χ1) is 19.7. The molecule has 0 saturated carbocycles. The van der Waals surface area contributed by atoms with Gasteiger partial charge in [-0.2, -0.15) is 5.10 Å². The highest BCUT2D eigenvalue weighted by molar-refractivity contribution is 5.92. The van der Waals surface area contributed by atoms with Gasteiger partial charge in [-0.3, -0.25) is 9.80 Å². The number of carbonyl (C=O) groups is 2. The van der Waals surface area contributed by atoms with Crippen LogP contribution < -0.4 is 4.90 Å². The van der Waals surface area contributed by atoms with Crippen molar-refractivity contribution in [3.8, 4) is 16.9 Å². The Balaban J connectivity index is 1.21. The van der Waals surface area contributed by atoms with Crippen LogP contribution in [0, 0.1) is 18.6 Å². The fourth-order valence-corrected chi connectivity index (χ4v) is 5.53. The van der Waals surface area contributed by atoms with Crippen LogP contribution in [0.2, 0.25) is 0 Å². The molecular weight excluding hydrogens is 530 g/mol. The van der Waals surface area contributed by atoms with E-state index in [2.05, 4.69) is 4.90 Å². The number of amides is 1. The Labute approximate surface area is 235 Å². The summed E-state index contributed by atoms with van der Waals surface area (Å²) in [6.45, 7) is 3.74. The highest BCUT2D eigenvalue weighted by Crippen LogP contribution is 2.37. The summed E-state index contributed by atoms with van der Waals surface area (Å²) in [5.74, 6) is -2.30. The summed E-state index contributed by atoms with van der Waals surface area (Å²) < 4.78 is 36.6. The summed E-state index contributed by atoms with van der Waals surface area (Å²) in [6.07, 6.45) is 2.64. The average Bonchev–Trinajstić information content (AvgIpc) is 3.53. The second-order valence-corrected chi connectivity index (χ2v) is 10.6. The lowest BCUT2D eigenvalue weighted by atomic mass is 9.91. The molecule has 2 aliphatic rings. The number of nitrogens with zero attached hydrogens (tertiary/aromatic N) is 4. The molecule has 8 nitrogen and oxygen atoms in total. The summed E-state index contributed by atoms with van der Waals surface area (Å²) in [7, 11) is 0. The van der Waals surface area contributed by atoms with Gasteiger partial charge in [0.15, 0.2) is 0 Å². The number of halogens is 2. The molecule has 3 heterocycles. The Kier molecular flexibility index (Phi) is 6.78. The zero-order chi connectivity index (χ0) is 28.7. The molecule has 2 fully saturated rings. The number of likely N-dealkylation sites (tertiary alicyclic amines) is 1. The van der Waals surface area contributed by atoms with Gasteiger partial charge in [0, 0.05) is 61.6 Å². The Morgan fingerprint density at radius 3 is 2.39 bits per heavy atom. The maximum atomic E-state index is 15.0. The Hall–Kier alpha value is -4.57. The Morgan fingerprint density at radius 1 is 1.00 bits per heavy atom. The minimum Gasteiger partial charge on any atom is -0.478 e. The van der Waals surface area contributed by atoms with E-state index in [1.165, 1.54) is 18.2 Å². The minimum atomic E-state index is -1.03. The molecule has 4 aromatic rings. The molecule has 0 bridgehead atoms. The number of benzene rings is 3. The number of carbonyl (C=O) groups excluding carboxylic acids is 1. The molecule has 0 atom stereocenters. The Morgan fingerprint density at radius 2 is 1.71 bits per heavy atom. The third kappa shape index (κ3) is 5.18. The molecule has 0 aliphatic carbocycles. The van der Waals surface area contributed by atoms with Gasteiger partial charge in [-0.15, -0.1) is 0 Å². The molecule has 1 amide bonds. The number of aromatic nitrogens is 2. The monoisotopic (exact) mass is 558 g/mol. The zero-order valence-corrected chi connectivity index (χ0v) is 22.4. The standard InChI is InChI=1S/C31H28F2N4O4/c1-20-15-25(27(33)16-26(20)32)28-22(18-37(34-28)24-5-3-2-4-6-24)17-35-13-11-31(12-14-35)19-36(30(40)41-31)23-9-7-21(8-10-23)29(38)39/h2-10,15-16,18H,11-14,17,19H2,1H3,(H,38,39). The number of hydrogen-bond acceptors (Lipinski definition) is 5.